The average Bonchev–Trinajstić information content (AvgIpc) is 2.83. The molecule has 0 spiro atoms. The van der Waals surface area contributed by atoms with E-state index in [-0.39, 0.29) is 5.56 Å². The summed E-state index contributed by atoms with van der Waals surface area (Å²) in [6.07, 6.45) is 1.13. The van der Waals surface area contributed by atoms with Gasteiger partial charge in [0.15, 0.2) is 5.17 Å². The quantitative estimate of drug-likeness (QED) is 0.573. The van der Waals surface area contributed by atoms with Crippen molar-refractivity contribution in [2.75, 3.05) is 12.9 Å². The second-order valence-electron chi connectivity index (χ2n) is 9.11. The summed E-state index contributed by atoms with van der Waals surface area (Å²) in [5, 5.41) is 11.3. The van der Waals surface area contributed by atoms with Crippen LogP contribution in [0.2, 0.25) is 0 Å². The Morgan fingerprint density at radius 2 is 1.88 bits per heavy atom. The van der Waals surface area contributed by atoms with Crippen LogP contribution in [0.15, 0.2) is 59.7 Å². The zero-order valence-corrected chi connectivity index (χ0v) is 19.7. The number of fused-ring (bicyclic) bond motifs is 2. The number of aliphatic hydroxyl groups is 1. The molecule has 176 valence electrons. The molecule has 2 heterocycles. The Labute approximate surface area is 201 Å². The van der Waals surface area contributed by atoms with Crippen LogP contribution in [0.5, 0.6) is 5.88 Å². The number of methoxy groups -OCH3 is 1. The molecule has 0 bridgehead atoms. The van der Waals surface area contributed by atoms with Gasteiger partial charge in [-0.25, -0.2) is 13.8 Å². The van der Waals surface area contributed by atoms with Crippen molar-refractivity contribution in [2.24, 2.45) is 16.1 Å². The molecule has 3 atom stereocenters. The van der Waals surface area contributed by atoms with Crippen molar-refractivity contribution >= 4 is 16.9 Å². The molecule has 2 aliphatic rings. The number of benzene rings is 2. The zero-order valence-electron chi connectivity index (χ0n) is 18.9. The summed E-state index contributed by atoms with van der Waals surface area (Å²) >= 11 is 1.43. The van der Waals surface area contributed by atoms with Gasteiger partial charge in [0.25, 0.3) is 0 Å². The van der Waals surface area contributed by atoms with Crippen LogP contribution in [0.4, 0.5) is 8.78 Å². The van der Waals surface area contributed by atoms with Gasteiger partial charge in [0.05, 0.1) is 12.7 Å². The highest BCUT2D eigenvalue weighted by Gasteiger charge is 2.56. The number of aliphatic imine (C=N–C) groups is 1. The standard InChI is InChI=1S/C26H25F2N3O2S/c1-25-12-16-10-11-30-23(33-2)17(16)13-26(25,31-24(29)34-14-25)18-8-9-19(27)20(21(18)28)22(32)15-6-4-3-5-7-15/h3-11,22,32H,12-14H2,1-2H3,(H2,29,31)/t22?,25-,26+/m0/s1. The topological polar surface area (TPSA) is 80.7 Å². The van der Waals surface area contributed by atoms with Crippen molar-refractivity contribution in [1.29, 1.82) is 0 Å². The second kappa shape index (κ2) is 8.36. The minimum absolute atomic E-state index is 0.209. The number of ether oxygens (including phenoxy) is 1. The third kappa shape index (κ3) is 3.39. The Balaban J connectivity index is 1.75. The Morgan fingerprint density at radius 1 is 1.12 bits per heavy atom. The van der Waals surface area contributed by atoms with Crippen LogP contribution in [-0.2, 0) is 18.4 Å². The molecule has 5 rings (SSSR count). The highest BCUT2D eigenvalue weighted by Crippen LogP contribution is 2.57. The number of pyridine rings is 1. The number of nitrogens with zero attached hydrogens (tertiary/aromatic N) is 2. The predicted octanol–water partition coefficient (Wildman–Crippen LogP) is 4.51. The number of thioether (sulfide) groups is 1. The lowest BCUT2D eigenvalue weighted by molar-refractivity contribution is 0.144. The summed E-state index contributed by atoms with van der Waals surface area (Å²) in [6, 6.07) is 13.1. The Kier molecular flexibility index (Phi) is 5.61. The van der Waals surface area contributed by atoms with E-state index in [1.807, 2.05) is 6.07 Å². The van der Waals surface area contributed by atoms with Crippen molar-refractivity contribution in [1.82, 2.24) is 4.98 Å². The normalized spacial score (nSPS) is 24.6. The van der Waals surface area contributed by atoms with Gasteiger partial charge in [-0.05, 0) is 29.7 Å². The first-order valence-electron chi connectivity index (χ1n) is 11.0. The number of hydrogen-bond donors (Lipinski definition) is 2. The highest BCUT2D eigenvalue weighted by molar-refractivity contribution is 8.13. The van der Waals surface area contributed by atoms with E-state index in [1.165, 1.54) is 23.9 Å². The van der Waals surface area contributed by atoms with E-state index >= 15 is 4.39 Å². The first-order valence-corrected chi connectivity index (χ1v) is 12.0. The number of aromatic nitrogens is 1. The molecule has 3 N–H and O–H groups in total. The van der Waals surface area contributed by atoms with E-state index in [4.69, 9.17) is 15.5 Å². The number of nitrogens with two attached hydrogens (primary N) is 1. The van der Waals surface area contributed by atoms with Crippen molar-refractivity contribution in [2.45, 2.75) is 31.4 Å². The molecule has 0 radical (unpaired) electrons. The number of halogens is 2. The molecule has 0 amide bonds. The number of hydrogen-bond acceptors (Lipinski definition) is 6. The summed E-state index contributed by atoms with van der Waals surface area (Å²) in [7, 11) is 1.55. The molecular formula is C26H25F2N3O2S. The van der Waals surface area contributed by atoms with E-state index in [0.717, 1.165) is 11.1 Å². The number of amidine groups is 1. The van der Waals surface area contributed by atoms with Gasteiger partial charge in [-0.1, -0.05) is 55.1 Å². The highest BCUT2D eigenvalue weighted by atomic mass is 32.2. The van der Waals surface area contributed by atoms with Crippen LogP contribution in [0.1, 0.15) is 40.8 Å². The van der Waals surface area contributed by atoms with E-state index in [0.29, 0.717) is 35.2 Å². The fourth-order valence-corrected chi connectivity index (χ4v) is 6.33. The lowest BCUT2D eigenvalue weighted by atomic mass is 9.58. The van der Waals surface area contributed by atoms with Gasteiger partial charge in [0.2, 0.25) is 5.88 Å². The molecule has 3 aromatic rings. The molecule has 5 nitrogen and oxygen atoms in total. The average molecular weight is 482 g/mol. The molecule has 1 aromatic heterocycles. The third-order valence-corrected chi connectivity index (χ3v) is 8.29. The summed E-state index contributed by atoms with van der Waals surface area (Å²) in [5.74, 6) is -0.552. The van der Waals surface area contributed by atoms with E-state index < -0.39 is 34.3 Å². The maximum atomic E-state index is 16.3. The maximum absolute atomic E-state index is 16.3. The van der Waals surface area contributed by atoms with Gasteiger partial charge in [-0.15, -0.1) is 0 Å². The monoisotopic (exact) mass is 481 g/mol. The molecule has 8 heteroatoms. The zero-order chi connectivity index (χ0) is 24.1. The molecular weight excluding hydrogens is 456 g/mol. The van der Waals surface area contributed by atoms with Crippen molar-refractivity contribution in [3.63, 3.8) is 0 Å². The van der Waals surface area contributed by atoms with Gasteiger partial charge in [0, 0.05) is 34.9 Å². The molecule has 0 fully saturated rings. The van der Waals surface area contributed by atoms with E-state index in [9.17, 15) is 9.50 Å². The largest absolute Gasteiger partial charge is 0.481 e. The van der Waals surface area contributed by atoms with Crippen LogP contribution >= 0.6 is 11.8 Å². The Bertz CT molecular complexity index is 1290. The first-order chi connectivity index (χ1) is 16.3. The second-order valence-corrected chi connectivity index (χ2v) is 10.1. The van der Waals surface area contributed by atoms with Gasteiger partial charge in [-0.3, -0.25) is 4.99 Å². The van der Waals surface area contributed by atoms with E-state index in [1.54, 1.807) is 43.6 Å². The van der Waals surface area contributed by atoms with Gasteiger partial charge in [0.1, 0.15) is 23.3 Å². The minimum atomic E-state index is -1.46. The first kappa shape index (κ1) is 22.8. The molecule has 1 aliphatic carbocycles. The van der Waals surface area contributed by atoms with Crippen LogP contribution in [0, 0.1) is 17.0 Å². The molecule has 34 heavy (non-hydrogen) atoms. The van der Waals surface area contributed by atoms with Crippen molar-refractivity contribution in [3.05, 3.63) is 94.2 Å². The maximum Gasteiger partial charge on any atom is 0.216 e. The van der Waals surface area contributed by atoms with Gasteiger partial charge in [-0.2, -0.15) is 0 Å². The fraction of sp³-hybridized carbons (Fsp3) is 0.308. The van der Waals surface area contributed by atoms with Crippen LogP contribution in [0.3, 0.4) is 0 Å². The predicted molar refractivity (Wildman–Crippen MR) is 129 cm³/mol. The van der Waals surface area contributed by atoms with Crippen LogP contribution in [-0.4, -0.2) is 28.1 Å². The molecule has 2 aromatic carbocycles. The van der Waals surface area contributed by atoms with Gasteiger partial charge >= 0.3 is 0 Å². The minimum Gasteiger partial charge on any atom is -0.481 e. The molecule has 1 unspecified atom stereocenters. The number of aliphatic hydroxyl groups excluding tert-OH is 1. The van der Waals surface area contributed by atoms with Crippen molar-refractivity contribution < 1.29 is 18.6 Å². The van der Waals surface area contributed by atoms with Crippen molar-refractivity contribution in [3.8, 4) is 5.88 Å². The van der Waals surface area contributed by atoms with Crippen LogP contribution < -0.4 is 10.5 Å². The summed E-state index contributed by atoms with van der Waals surface area (Å²) in [6.45, 7) is 2.06. The smallest absolute Gasteiger partial charge is 0.216 e. The van der Waals surface area contributed by atoms with Gasteiger partial charge < -0.3 is 15.6 Å². The molecule has 0 saturated heterocycles. The number of rotatable bonds is 4. The third-order valence-electron chi connectivity index (χ3n) is 7.12. The summed E-state index contributed by atoms with van der Waals surface area (Å²) < 4.78 is 36.8. The Hall–Kier alpha value is -2.97. The lowest BCUT2D eigenvalue weighted by Gasteiger charge is -2.52. The summed E-state index contributed by atoms with van der Waals surface area (Å²) in [5.41, 5.74) is 6.68. The SMILES string of the molecule is COc1nccc2c1C[C@]1(c3ccc(F)c(C(O)c4ccccc4)c3F)N=C(N)SC[C@]1(C)C2. The van der Waals surface area contributed by atoms with E-state index in [2.05, 4.69) is 11.9 Å². The lowest BCUT2D eigenvalue weighted by Crippen LogP contribution is -2.54. The summed E-state index contributed by atoms with van der Waals surface area (Å²) in [4.78, 5) is 9.18. The van der Waals surface area contributed by atoms with Crippen LogP contribution in [0.25, 0.3) is 0 Å². The Morgan fingerprint density at radius 3 is 2.62 bits per heavy atom. The molecule has 0 saturated carbocycles. The molecule has 1 aliphatic heterocycles. The fourth-order valence-electron chi connectivity index (χ4n) is 5.30.